The molecule has 1 atom stereocenters. The lowest BCUT2D eigenvalue weighted by molar-refractivity contribution is 0.354. The van der Waals surface area contributed by atoms with Crippen molar-refractivity contribution in [3.63, 3.8) is 0 Å². The fourth-order valence-electron chi connectivity index (χ4n) is 1.93. The molecule has 3 N–H and O–H groups in total. The van der Waals surface area contributed by atoms with E-state index in [2.05, 4.69) is 9.97 Å². The standard InChI is InChI=1S/C13H17N3O2/c1-8-6-10(17-2)11(18-3)7-9(8)12(14)13-15-4-5-16-13/h4-7,12H,14H2,1-3H3,(H,15,16). The van der Waals surface area contributed by atoms with Gasteiger partial charge in [0.25, 0.3) is 0 Å². The molecule has 0 fully saturated rings. The van der Waals surface area contributed by atoms with Crippen LogP contribution in [0.3, 0.4) is 0 Å². The average Bonchev–Trinajstić information content (AvgIpc) is 2.91. The van der Waals surface area contributed by atoms with Crippen LogP contribution in [-0.2, 0) is 0 Å². The molecule has 0 radical (unpaired) electrons. The van der Waals surface area contributed by atoms with Crippen LogP contribution in [0.4, 0.5) is 0 Å². The van der Waals surface area contributed by atoms with Crippen LogP contribution in [0.1, 0.15) is 23.0 Å². The number of imidazole rings is 1. The number of ether oxygens (including phenoxy) is 2. The fourth-order valence-corrected chi connectivity index (χ4v) is 1.93. The van der Waals surface area contributed by atoms with E-state index >= 15 is 0 Å². The summed E-state index contributed by atoms with van der Waals surface area (Å²) in [6.45, 7) is 1.99. The number of nitrogens with zero attached hydrogens (tertiary/aromatic N) is 1. The van der Waals surface area contributed by atoms with Crippen LogP contribution in [0, 0.1) is 6.92 Å². The van der Waals surface area contributed by atoms with Gasteiger partial charge in [-0.3, -0.25) is 0 Å². The normalized spacial score (nSPS) is 12.2. The molecule has 1 aromatic heterocycles. The highest BCUT2D eigenvalue weighted by Gasteiger charge is 2.17. The van der Waals surface area contributed by atoms with Gasteiger partial charge in [0.05, 0.1) is 20.3 Å². The Bertz CT molecular complexity index is 523. The summed E-state index contributed by atoms with van der Waals surface area (Å²) in [6, 6.07) is 3.50. The zero-order chi connectivity index (χ0) is 13.1. The highest BCUT2D eigenvalue weighted by Crippen LogP contribution is 2.33. The summed E-state index contributed by atoms with van der Waals surface area (Å²) < 4.78 is 10.5. The maximum absolute atomic E-state index is 6.19. The van der Waals surface area contributed by atoms with E-state index in [0.29, 0.717) is 11.5 Å². The second kappa shape index (κ2) is 5.10. The Morgan fingerprint density at radius 3 is 2.44 bits per heavy atom. The highest BCUT2D eigenvalue weighted by atomic mass is 16.5. The van der Waals surface area contributed by atoms with E-state index in [1.165, 1.54) is 0 Å². The molecule has 5 nitrogen and oxygen atoms in total. The summed E-state index contributed by atoms with van der Waals surface area (Å²) in [4.78, 5) is 7.20. The Balaban J connectivity index is 2.45. The summed E-state index contributed by atoms with van der Waals surface area (Å²) in [7, 11) is 3.22. The zero-order valence-corrected chi connectivity index (χ0v) is 10.7. The van der Waals surface area contributed by atoms with Gasteiger partial charge in [-0.1, -0.05) is 0 Å². The van der Waals surface area contributed by atoms with Crippen LogP contribution in [0.15, 0.2) is 24.5 Å². The Labute approximate surface area is 106 Å². The molecule has 0 spiro atoms. The number of aromatic amines is 1. The largest absolute Gasteiger partial charge is 0.493 e. The van der Waals surface area contributed by atoms with Crippen molar-refractivity contribution >= 4 is 0 Å². The van der Waals surface area contributed by atoms with E-state index in [4.69, 9.17) is 15.2 Å². The number of nitrogens with two attached hydrogens (primary N) is 1. The predicted molar refractivity (Wildman–Crippen MR) is 68.9 cm³/mol. The van der Waals surface area contributed by atoms with E-state index < -0.39 is 0 Å². The predicted octanol–water partition coefficient (Wildman–Crippen LogP) is 1.78. The Hall–Kier alpha value is -2.01. The number of aryl methyl sites for hydroxylation is 1. The number of methoxy groups -OCH3 is 2. The first-order chi connectivity index (χ1) is 8.67. The third-order valence-corrected chi connectivity index (χ3v) is 2.92. The van der Waals surface area contributed by atoms with E-state index in [0.717, 1.165) is 17.0 Å². The SMILES string of the molecule is COc1cc(C)c(C(N)c2ncc[nH]2)cc1OC. The van der Waals surface area contributed by atoms with Gasteiger partial charge in [-0.05, 0) is 30.2 Å². The van der Waals surface area contributed by atoms with E-state index in [-0.39, 0.29) is 6.04 Å². The van der Waals surface area contributed by atoms with Crippen LogP contribution in [0.25, 0.3) is 0 Å². The van der Waals surface area contributed by atoms with Crippen molar-refractivity contribution < 1.29 is 9.47 Å². The maximum atomic E-state index is 6.19. The minimum Gasteiger partial charge on any atom is -0.493 e. The van der Waals surface area contributed by atoms with Crippen LogP contribution >= 0.6 is 0 Å². The minimum absolute atomic E-state index is 0.306. The summed E-state index contributed by atoms with van der Waals surface area (Å²) in [6.07, 6.45) is 3.44. The Kier molecular flexibility index (Phi) is 3.53. The molecule has 0 aliphatic rings. The van der Waals surface area contributed by atoms with Crippen LogP contribution in [-0.4, -0.2) is 24.2 Å². The lowest BCUT2D eigenvalue weighted by atomic mass is 10.0. The number of nitrogens with one attached hydrogen (secondary N) is 1. The first-order valence-corrected chi connectivity index (χ1v) is 5.64. The molecular weight excluding hydrogens is 230 g/mol. The molecule has 5 heteroatoms. The quantitative estimate of drug-likeness (QED) is 0.863. The first kappa shape index (κ1) is 12.4. The van der Waals surface area contributed by atoms with Crippen LogP contribution < -0.4 is 15.2 Å². The number of benzene rings is 1. The minimum atomic E-state index is -0.306. The molecule has 0 amide bonds. The van der Waals surface area contributed by atoms with Gasteiger partial charge in [0.15, 0.2) is 11.5 Å². The molecule has 18 heavy (non-hydrogen) atoms. The molecule has 0 aliphatic carbocycles. The first-order valence-electron chi connectivity index (χ1n) is 5.64. The van der Waals surface area contributed by atoms with Gasteiger partial charge in [-0.15, -0.1) is 0 Å². The molecule has 0 saturated carbocycles. The van der Waals surface area contributed by atoms with Gasteiger partial charge in [-0.2, -0.15) is 0 Å². The highest BCUT2D eigenvalue weighted by molar-refractivity contribution is 5.49. The zero-order valence-electron chi connectivity index (χ0n) is 10.7. The monoisotopic (exact) mass is 247 g/mol. The van der Waals surface area contributed by atoms with E-state index in [9.17, 15) is 0 Å². The molecule has 2 rings (SSSR count). The van der Waals surface area contributed by atoms with E-state index in [1.54, 1.807) is 26.6 Å². The second-order valence-corrected chi connectivity index (χ2v) is 4.02. The average molecular weight is 247 g/mol. The van der Waals surface area contributed by atoms with Crippen LogP contribution in [0.5, 0.6) is 11.5 Å². The number of hydrogen-bond donors (Lipinski definition) is 2. The van der Waals surface area contributed by atoms with Crippen molar-refractivity contribution in [2.45, 2.75) is 13.0 Å². The number of hydrogen-bond acceptors (Lipinski definition) is 4. The molecule has 1 heterocycles. The Morgan fingerprint density at radius 1 is 1.22 bits per heavy atom. The van der Waals surface area contributed by atoms with Crippen molar-refractivity contribution in [2.24, 2.45) is 5.73 Å². The second-order valence-electron chi connectivity index (χ2n) is 4.02. The van der Waals surface area contributed by atoms with Gasteiger partial charge < -0.3 is 20.2 Å². The summed E-state index contributed by atoms with van der Waals surface area (Å²) in [5, 5.41) is 0. The van der Waals surface area contributed by atoms with E-state index in [1.807, 2.05) is 19.1 Å². The van der Waals surface area contributed by atoms with Gasteiger partial charge >= 0.3 is 0 Å². The number of rotatable bonds is 4. The van der Waals surface area contributed by atoms with Gasteiger partial charge in [-0.25, -0.2) is 4.98 Å². The number of H-pyrrole nitrogens is 1. The third-order valence-electron chi connectivity index (χ3n) is 2.92. The van der Waals surface area contributed by atoms with Gasteiger partial charge in [0.1, 0.15) is 5.82 Å². The smallest absolute Gasteiger partial charge is 0.161 e. The number of aromatic nitrogens is 2. The Morgan fingerprint density at radius 2 is 1.89 bits per heavy atom. The molecule has 2 aromatic rings. The van der Waals surface area contributed by atoms with Crippen molar-refractivity contribution in [1.29, 1.82) is 0 Å². The molecular formula is C13H17N3O2. The fraction of sp³-hybridized carbons (Fsp3) is 0.308. The van der Waals surface area contributed by atoms with Crippen molar-refractivity contribution in [2.75, 3.05) is 14.2 Å². The molecule has 0 aliphatic heterocycles. The topological polar surface area (TPSA) is 73.2 Å². The van der Waals surface area contributed by atoms with Gasteiger partial charge in [0.2, 0.25) is 0 Å². The van der Waals surface area contributed by atoms with Crippen molar-refractivity contribution in [3.05, 3.63) is 41.5 Å². The molecule has 1 unspecified atom stereocenters. The van der Waals surface area contributed by atoms with Gasteiger partial charge in [0, 0.05) is 12.4 Å². The summed E-state index contributed by atoms with van der Waals surface area (Å²) in [5.41, 5.74) is 8.19. The molecule has 0 bridgehead atoms. The molecule has 96 valence electrons. The lowest BCUT2D eigenvalue weighted by Gasteiger charge is -2.16. The lowest BCUT2D eigenvalue weighted by Crippen LogP contribution is -2.15. The van der Waals surface area contributed by atoms with Crippen LogP contribution in [0.2, 0.25) is 0 Å². The van der Waals surface area contributed by atoms with Crippen molar-refractivity contribution in [1.82, 2.24) is 9.97 Å². The summed E-state index contributed by atoms with van der Waals surface area (Å²) in [5.74, 6) is 2.09. The summed E-state index contributed by atoms with van der Waals surface area (Å²) >= 11 is 0. The molecule has 1 aromatic carbocycles. The third kappa shape index (κ3) is 2.17. The molecule has 0 saturated heterocycles. The maximum Gasteiger partial charge on any atom is 0.161 e. The van der Waals surface area contributed by atoms with Crippen molar-refractivity contribution in [3.8, 4) is 11.5 Å².